The number of nitrogens with one attached hydrogen (secondary N) is 1. The molecule has 1 aliphatic heterocycles. The molecule has 112 valence electrons. The second kappa shape index (κ2) is 5.21. The Kier molecular flexibility index (Phi) is 3.38. The highest BCUT2D eigenvalue weighted by atomic mass is 16.5. The molecule has 3 rings (SSSR count). The van der Waals surface area contributed by atoms with Crippen LogP contribution in [0.3, 0.4) is 0 Å². The molecule has 2 aromatic rings. The first-order chi connectivity index (χ1) is 10.1. The van der Waals surface area contributed by atoms with Crippen LogP contribution in [-0.4, -0.2) is 43.8 Å². The summed E-state index contributed by atoms with van der Waals surface area (Å²) in [4.78, 5) is 2.45. The van der Waals surface area contributed by atoms with Crippen molar-refractivity contribution in [1.82, 2.24) is 10.00 Å². The highest BCUT2D eigenvalue weighted by molar-refractivity contribution is 5.72. The SMILES string of the molecule is CN(C)CCNc1n[n+]([O-])c2cc3c(cc2[n+]1[O-])OCC3. The predicted molar refractivity (Wildman–Crippen MR) is 75.9 cm³/mol. The molecule has 2 heterocycles. The Bertz CT molecular complexity index is 689. The highest BCUT2D eigenvalue weighted by Crippen LogP contribution is 2.27. The number of aromatic nitrogens is 3. The van der Waals surface area contributed by atoms with Gasteiger partial charge in [0.1, 0.15) is 5.75 Å². The lowest BCUT2D eigenvalue weighted by atomic mass is 10.1. The third kappa shape index (κ3) is 2.49. The number of hydrogen-bond donors (Lipinski definition) is 1. The predicted octanol–water partition coefficient (Wildman–Crippen LogP) is -0.590. The highest BCUT2D eigenvalue weighted by Gasteiger charge is 2.24. The summed E-state index contributed by atoms with van der Waals surface area (Å²) in [6, 6.07) is 3.29. The average Bonchev–Trinajstić information content (AvgIpc) is 2.89. The molecular weight excluding hydrogens is 274 g/mol. The molecule has 0 saturated carbocycles. The first-order valence-corrected chi connectivity index (χ1v) is 6.77. The van der Waals surface area contributed by atoms with E-state index in [9.17, 15) is 10.4 Å². The number of likely N-dealkylation sites (N-methyl/N-ethyl adjacent to an activating group) is 1. The van der Waals surface area contributed by atoms with E-state index in [1.165, 1.54) is 0 Å². The second-order valence-electron chi connectivity index (χ2n) is 5.27. The van der Waals surface area contributed by atoms with Crippen LogP contribution >= 0.6 is 0 Å². The minimum absolute atomic E-state index is 0.00250. The summed E-state index contributed by atoms with van der Waals surface area (Å²) >= 11 is 0. The van der Waals surface area contributed by atoms with E-state index in [-0.39, 0.29) is 17.0 Å². The third-order valence-electron chi connectivity index (χ3n) is 3.43. The molecular formula is C13H17N5O3. The van der Waals surface area contributed by atoms with Gasteiger partial charge in [0.15, 0.2) is 5.52 Å². The van der Waals surface area contributed by atoms with Crippen LogP contribution in [0.4, 0.5) is 5.95 Å². The van der Waals surface area contributed by atoms with Crippen molar-refractivity contribution in [1.29, 1.82) is 0 Å². The van der Waals surface area contributed by atoms with Gasteiger partial charge >= 0.3 is 5.95 Å². The van der Waals surface area contributed by atoms with E-state index in [0.29, 0.717) is 28.5 Å². The van der Waals surface area contributed by atoms with Gasteiger partial charge in [-0.2, -0.15) is 0 Å². The fourth-order valence-electron chi connectivity index (χ4n) is 2.31. The van der Waals surface area contributed by atoms with Crippen molar-refractivity contribution in [2.24, 2.45) is 0 Å². The van der Waals surface area contributed by atoms with Crippen LogP contribution < -0.4 is 19.6 Å². The van der Waals surface area contributed by atoms with Crippen molar-refractivity contribution in [3.63, 3.8) is 0 Å². The molecule has 1 aliphatic rings. The van der Waals surface area contributed by atoms with Crippen LogP contribution in [0.5, 0.6) is 5.75 Å². The maximum absolute atomic E-state index is 12.3. The normalized spacial score (nSPS) is 13.5. The van der Waals surface area contributed by atoms with Crippen LogP contribution in [0.2, 0.25) is 0 Å². The Labute approximate surface area is 121 Å². The number of hydrogen-bond acceptors (Lipinski definition) is 6. The molecule has 21 heavy (non-hydrogen) atoms. The second-order valence-corrected chi connectivity index (χ2v) is 5.27. The van der Waals surface area contributed by atoms with Gasteiger partial charge in [0.2, 0.25) is 5.10 Å². The van der Waals surface area contributed by atoms with Gasteiger partial charge in [-0.1, -0.05) is 0 Å². The molecule has 8 nitrogen and oxygen atoms in total. The minimum atomic E-state index is -0.00250. The molecule has 0 spiro atoms. The van der Waals surface area contributed by atoms with Gasteiger partial charge in [0.25, 0.3) is 5.52 Å². The molecule has 0 amide bonds. The standard InChI is InChI=1S/C13H17N5O3/c1-16(2)5-4-14-13-15-18(20)11-7-9-3-6-21-12(9)8-10(11)17(13)19/h7-8H,3-6H2,1-2H3,(H,14,15). The number of anilines is 1. The van der Waals surface area contributed by atoms with Crippen molar-refractivity contribution in [3.8, 4) is 5.75 Å². The maximum atomic E-state index is 12.3. The van der Waals surface area contributed by atoms with Crippen molar-refractivity contribution in [2.45, 2.75) is 6.42 Å². The van der Waals surface area contributed by atoms with E-state index in [1.807, 2.05) is 19.0 Å². The lowest BCUT2D eigenvalue weighted by molar-refractivity contribution is -0.672. The van der Waals surface area contributed by atoms with Gasteiger partial charge in [-0.25, -0.2) is 4.73 Å². The van der Waals surface area contributed by atoms with Gasteiger partial charge < -0.3 is 20.1 Å². The van der Waals surface area contributed by atoms with Crippen LogP contribution in [0.15, 0.2) is 12.1 Å². The maximum Gasteiger partial charge on any atom is 0.461 e. The van der Waals surface area contributed by atoms with Crippen molar-refractivity contribution < 1.29 is 14.3 Å². The van der Waals surface area contributed by atoms with Crippen LogP contribution in [-0.2, 0) is 6.42 Å². The molecule has 0 radical (unpaired) electrons. The number of nitrogens with zero attached hydrogens (tertiary/aromatic N) is 4. The summed E-state index contributed by atoms with van der Waals surface area (Å²) < 4.78 is 6.08. The minimum Gasteiger partial charge on any atom is -0.739 e. The molecule has 0 unspecified atom stereocenters. The van der Waals surface area contributed by atoms with Crippen LogP contribution in [0, 0.1) is 10.4 Å². The topological polar surface area (TPSA) is 91.3 Å². The molecule has 0 saturated heterocycles. The number of benzene rings is 1. The lowest BCUT2D eigenvalue weighted by Gasteiger charge is -2.12. The summed E-state index contributed by atoms with van der Waals surface area (Å²) in [5.74, 6) is 0.662. The van der Waals surface area contributed by atoms with E-state index in [2.05, 4.69) is 10.4 Å². The van der Waals surface area contributed by atoms with E-state index in [4.69, 9.17) is 4.74 Å². The zero-order chi connectivity index (χ0) is 15.0. The van der Waals surface area contributed by atoms with Gasteiger partial charge in [-0.15, -0.1) is 0 Å². The lowest BCUT2D eigenvalue weighted by Crippen LogP contribution is -2.44. The molecule has 8 heteroatoms. The summed E-state index contributed by atoms with van der Waals surface area (Å²) in [5.41, 5.74) is 1.45. The molecule has 0 atom stereocenters. The molecule has 1 N–H and O–H groups in total. The Hall–Kier alpha value is -2.35. The van der Waals surface area contributed by atoms with E-state index in [1.54, 1.807) is 12.1 Å². The summed E-state index contributed by atoms with van der Waals surface area (Å²) in [6.07, 6.45) is 0.743. The quantitative estimate of drug-likeness (QED) is 0.598. The first-order valence-electron chi connectivity index (χ1n) is 6.77. The van der Waals surface area contributed by atoms with Gasteiger partial charge in [0, 0.05) is 35.5 Å². The Morgan fingerprint density at radius 2 is 2.14 bits per heavy atom. The van der Waals surface area contributed by atoms with E-state index < -0.39 is 0 Å². The van der Waals surface area contributed by atoms with Crippen molar-refractivity contribution >= 4 is 17.0 Å². The van der Waals surface area contributed by atoms with Gasteiger partial charge in [0.05, 0.1) is 13.2 Å². The molecule has 1 aromatic carbocycles. The van der Waals surface area contributed by atoms with Gasteiger partial charge in [-0.05, 0) is 14.1 Å². The molecule has 0 aliphatic carbocycles. The van der Waals surface area contributed by atoms with Crippen LogP contribution in [0.25, 0.3) is 11.0 Å². The van der Waals surface area contributed by atoms with Crippen molar-refractivity contribution in [2.75, 3.05) is 39.1 Å². The van der Waals surface area contributed by atoms with Crippen molar-refractivity contribution in [3.05, 3.63) is 28.1 Å². The molecule has 0 bridgehead atoms. The monoisotopic (exact) mass is 291 g/mol. The average molecular weight is 291 g/mol. The summed E-state index contributed by atoms with van der Waals surface area (Å²) in [6.45, 7) is 1.83. The smallest absolute Gasteiger partial charge is 0.461 e. The number of fused-ring (bicyclic) bond motifs is 2. The Morgan fingerprint density at radius 1 is 1.33 bits per heavy atom. The third-order valence-corrected chi connectivity index (χ3v) is 3.43. The van der Waals surface area contributed by atoms with Gasteiger partial charge in [-0.3, -0.25) is 5.32 Å². The fourth-order valence-corrected chi connectivity index (χ4v) is 2.31. The number of ether oxygens (including phenoxy) is 1. The molecule has 0 fully saturated rings. The van der Waals surface area contributed by atoms with E-state index >= 15 is 0 Å². The number of rotatable bonds is 4. The summed E-state index contributed by atoms with van der Waals surface area (Å²) in [5, 5.41) is 31.0. The Balaban J connectivity index is 2.00. The summed E-state index contributed by atoms with van der Waals surface area (Å²) in [7, 11) is 3.85. The Morgan fingerprint density at radius 3 is 2.90 bits per heavy atom. The van der Waals surface area contributed by atoms with Crippen LogP contribution in [0.1, 0.15) is 5.56 Å². The van der Waals surface area contributed by atoms with E-state index in [0.717, 1.165) is 18.5 Å². The largest absolute Gasteiger partial charge is 0.739 e. The molecule has 1 aromatic heterocycles. The fraction of sp³-hybridized carbons (Fsp3) is 0.462. The first kappa shape index (κ1) is 13.6. The zero-order valence-electron chi connectivity index (χ0n) is 12.0. The zero-order valence-corrected chi connectivity index (χ0v) is 12.0.